The van der Waals surface area contributed by atoms with E-state index in [1.54, 1.807) is 19.1 Å². The molecular formula is C9H10N2O2. The van der Waals surface area contributed by atoms with Crippen LogP contribution in [0.25, 0.3) is 0 Å². The van der Waals surface area contributed by atoms with Crippen LogP contribution < -0.4 is 10.7 Å². The first-order chi connectivity index (χ1) is 6.27. The molecule has 1 aromatic carbocycles. The fraction of sp³-hybridized carbons (Fsp3) is 0.222. The number of fused-ring (bicyclic) bond motifs is 1. The molecule has 68 valence electrons. The van der Waals surface area contributed by atoms with Gasteiger partial charge in [0.15, 0.2) is 0 Å². The zero-order chi connectivity index (χ0) is 9.68. The molecule has 13 heavy (non-hydrogen) atoms. The van der Waals surface area contributed by atoms with Crippen molar-refractivity contribution in [3.63, 3.8) is 0 Å². The number of carbonyl (C=O) groups excluding carboxylic acids is 1. The Balaban J connectivity index is 0.000000251. The summed E-state index contributed by atoms with van der Waals surface area (Å²) in [7, 11) is 0. The molecule has 2 amide bonds. The number of urea groups is 1. The molecule has 0 atom stereocenters. The third-order valence-corrected chi connectivity index (χ3v) is 1.31. The predicted octanol–water partition coefficient (Wildman–Crippen LogP) is 0.0580. The largest absolute Gasteiger partial charge is 0.397 e. The van der Waals surface area contributed by atoms with E-state index in [2.05, 4.69) is 9.98 Å². The minimum Gasteiger partial charge on any atom is -0.397 e. The number of hydrogen-bond donors (Lipinski definition) is 1. The molecule has 0 spiro atoms. The number of aliphatic hydroxyl groups is 1. The van der Waals surface area contributed by atoms with Crippen LogP contribution in [0.1, 0.15) is 6.92 Å². The summed E-state index contributed by atoms with van der Waals surface area (Å²) in [4.78, 5) is 17.9. The molecule has 0 aromatic heterocycles. The lowest BCUT2D eigenvalue weighted by Gasteiger charge is -1.75. The third kappa shape index (κ3) is 2.45. The number of nitrogens with zero attached hydrogens (tertiary/aromatic N) is 2. The highest BCUT2D eigenvalue weighted by Gasteiger charge is 2.01. The van der Waals surface area contributed by atoms with E-state index in [0.717, 1.165) is 0 Å². The highest BCUT2D eigenvalue weighted by atomic mass is 16.2. The van der Waals surface area contributed by atoms with E-state index in [1.807, 2.05) is 12.1 Å². The molecule has 1 aliphatic heterocycles. The van der Waals surface area contributed by atoms with E-state index in [9.17, 15) is 4.79 Å². The lowest BCUT2D eigenvalue weighted by Crippen LogP contribution is -2.19. The van der Waals surface area contributed by atoms with Gasteiger partial charge in [-0.2, -0.15) is 9.98 Å². The maximum absolute atomic E-state index is 10.6. The second-order valence-corrected chi connectivity index (χ2v) is 2.31. The van der Waals surface area contributed by atoms with Crippen molar-refractivity contribution in [2.75, 3.05) is 6.61 Å². The molecule has 0 saturated carbocycles. The topological polar surface area (TPSA) is 62.0 Å². The Labute approximate surface area is 75.3 Å². The number of carbonyl (C=O) groups is 1. The third-order valence-electron chi connectivity index (χ3n) is 1.31. The Kier molecular flexibility index (Phi) is 3.28. The van der Waals surface area contributed by atoms with Gasteiger partial charge in [-0.1, -0.05) is 12.1 Å². The monoisotopic (exact) mass is 178 g/mol. The summed E-state index contributed by atoms with van der Waals surface area (Å²) in [6.45, 7) is 1.93. The van der Waals surface area contributed by atoms with Crippen LogP contribution >= 0.6 is 0 Å². The summed E-state index contributed by atoms with van der Waals surface area (Å²) in [6.07, 6.45) is 0. The van der Waals surface area contributed by atoms with Crippen molar-refractivity contribution < 1.29 is 9.90 Å². The van der Waals surface area contributed by atoms with E-state index < -0.39 is 6.03 Å². The van der Waals surface area contributed by atoms with Crippen molar-refractivity contribution in [3.05, 3.63) is 35.0 Å². The van der Waals surface area contributed by atoms with Crippen LogP contribution in [0.4, 0.5) is 4.79 Å². The maximum atomic E-state index is 10.6. The molecule has 1 N–H and O–H groups in total. The normalized spacial score (nSPS) is 12.0. The van der Waals surface area contributed by atoms with E-state index >= 15 is 0 Å². The van der Waals surface area contributed by atoms with Gasteiger partial charge < -0.3 is 5.11 Å². The SMILES string of the molecule is CCO.O=C1N=c2ccccc2=N1. The highest BCUT2D eigenvalue weighted by molar-refractivity contribution is 5.77. The van der Waals surface area contributed by atoms with Crippen molar-refractivity contribution in [2.24, 2.45) is 9.98 Å². The molecule has 0 fully saturated rings. The van der Waals surface area contributed by atoms with E-state index in [-0.39, 0.29) is 6.61 Å². The summed E-state index contributed by atoms with van der Waals surface area (Å²) in [5.41, 5.74) is 0. The molecule has 0 unspecified atom stereocenters. The first kappa shape index (κ1) is 9.54. The Morgan fingerprint density at radius 2 is 1.62 bits per heavy atom. The van der Waals surface area contributed by atoms with Crippen LogP contribution in [-0.4, -0.2) is 17.7 Å². The Morgan fingerprint density at radius 1 is 1.23 bits per heavy atom. The second-order valence-electron chi connectivity index (χ2n) is 2.31. The average Bonchev–Trinajstić information content (AvgIpc) is 2.45. The number of aliphatic hydroxyl groups excluding tert-OH is 1. The first-order valence-electron chi connectivity index (χ1n) is 3.95. The van der Waals surface area contributed by atoms with Crippen LogP contribution in [-0.2, 0) is 0 Å². The molecule has 1 aromatic rings. The summed E-state index contributed by atoms with van der Waals surface area (Å²) < 4.78 is 0. The Bertz CT molecular complexity index is 375. The molecule has 4 nitrogen and oxygen atoms in total. The zero-order valence-corrected chi connectivity index (χ0v) is 7.27. The van der Waals surface area contributed by atoms with Crippen molar-refractivity contribution in [1.82, 2.24) is 0 Å². The predicted molar refractivity (Wildman–Crippen MR) is 46.9 cm³/mol. The Hall–Kier alpha value is -1.55. The summed E-state index contributed by atoms with van der Waals surface area (Å²) in [6, 6.07) is 6.79. The second kappa shape index (κ2) is 4.47. The Morgan fingerprint density at radius 3 is 2.00 bits per heavy atom. The lowest BCUT2D eigenvalue weighted by molar-refractivity contribution is 0.256. The first-order valence-corrected chi connectivity index (χ1v) is 3.95. The standard InChI is InChI=1S/C7H4N2O.C2H6O/c10-7-8-5-3-1-2-4-6(5)9-7;1-2-3/h1-4H;3H,2H2,1H3. The van der Waals surface area contributed by atoms with Gasteiger partial charge in [-0.25, -0.2) is 4.79 Å². The van der Waals surface area contributed by atoms with Crippen LogP contribution in [0, 0.1) is 0 Å². The molecule has 0 aliphatic carbocycles. The molecule has 4 heteroatoms. The number of hydrogen-bond acceptors (Lipinski definition) is 2. The van der Waals surface area contributed by atoms with Crippen molar-refractivity contribution in [3.8, 4) is 0 Å². The highest BCUT2D eigenvalue weighted by Crippen LogP contribution is 1.82. The van der Waals surface area contributed by atoms with Crippen molar-refractivity contribution >= 4 is 6.03 Å². The molecular weight excluding hydrogens is 168 g/mol. The van der Waals surface area contributed by atoms with E-state index in [4.69, 9.17) is 5.11 Å². The van der Waals surface area contributed by atoms with Gasteiger partial charge in [-0.05, 0) is 19.1 Å². The van der Waals surface area contributed by atoms with Gasteiger partial charge in [0, 0.05) is 6.61 Å². The molecule has 1 aliphatic rings. The minimum atomic E-state index is -0.402. The maximum Gasteiger partial charge on any atom is 0.368 e. The number of para-hydroxylation sites is 2. The van der Waals surface area contributed by atoms with Gasteiger partial charge in [-0.15, -0.1) is 0 Å². The summed E-state index contributed by atoms with van der Waals surface area (Å²) in [5.74, 6) is 0. The van der Waals surface area contributed by atoms with E-state index in [0.29, 0.717) is 10.7 Å². The fourth-order valence-electron chi connectivity index (χ4n) is 0.884. The molecule has 0 saturated heterocycles. The number of rotatable bonds is 0. The van der Waals surface area contributed by atoms with Crippen LogP contribution in [0.3, 0.4) is 0 Å². The van der Waals surface area contributed by atoms with Crippen LogP contribution in [0.15, 0.2) is 34.3 Å². The van der Waals surface area contributed by atoms with Gasteiger partial charge in [0.1, 0.15) is 0 Å². The van der Waals surface area contributed by atoms with Gasteiger partial charge >= 0.3 is 6.03 Å². The molecule has 0 radical (unpaired) electrons. The van der Waals surface area contributed by atoms with Crippen molar-refractivity contribution in [1.29, 1.82) is 0 Å². The minimum absolute atomic E-state index is 0.250. The van der Waals surface area contributed by atoms with Gasteiger partial charge in [-0.3, -0.25) is 0 Å². The number of benzene rings is 1. The quantitative estimate of drug-likeness (QED) is 0.610. The van der Waals surface area contributed by atoms with Gasteiger partial charge in [0.05, 0.1) is 10.7 Å². The van der Waals surface area contributed by atoms with Gasteiger partial charge in [0.2, 0.25) is 0 Å². The zero-order valence-electron chi connectivity index (χ0n) is 7.27. The number of amides is 2. The summed E-state index contributed by atoms with van der Waals surface area (Å²) >= 11 is 0. The smallest absolute Gasteiger partial charge is 0.368 e. The molecule has 1 heterocycles. The van der Waals surface area contributed by atoms with Crippen LogP contribution in [0.2, 0.25) is 0 Å². The lowest BCUT2D eigenvalue weighted by atomic mass is 10.3. The fourth-order valence-corrected chi connectivity index (χ4v) is 0.884. The average molecular weight is 178 g/mol. The van der Waals surface area contributed by atoms with Crippen LogP contribution in [0.5, 0.6) is 0 Å². The summed E-state index contributed by atoms with van der Waals surface area (Å²) in [5, 5.41) is 8.92. The van der Waals surface area contributed by atoms with Crippen molar-refractivity contribution in [2.45, 2.75) is 6.92 Å². The molecule has 2 rings (SSSR count). The van der Waals surface area contributed by atoms with E-state index in [1.165, 1.54) is 0 Å². The molecule has 0 bridgehead atoms. The van der Waals surface area contributed by atoms with Gasteiger partial charge in [0.25, 0.3) is 0 Å².